The van der Waals surface area contributed by atoms with Gasteiger partial charge in [0.1, 0.15) is 6.07 Å². The van der Waals surface area contributed by atoms with Crippen LogP contribution in [0.1, 0.15) is 11.1 Å². The molecule has 0 atom stereocenters. The van der Waals surface area contributed by atoms with Gasteiger partial charge in [-0.3, -0.25) is 4.98 Å². The molecule has 0 amide bonds. The number of H-pyrrole nitrogens is 1. The first-order valence-corrected chi connectivity index (χ1v) is 3.64. The second kappa shape index (κ2) is 2.35. The van der Waals surface area contributed by atoms with Crippen LogP contribution in [0.5, 0.6) is 0 Å². The van der Waals surface area contributed by atoms with Gasteiger partial charge in [-0.1, -0.05) is 0 Å². The third-order valence-electron chi connectivity index (χ3n) is 1.91. The molecule has 0 bridgehead atoms. The highest BCUT2D eigenvalue weighted by Gasteiger charge is 2.03. The minimum absolute atomic E-state index is 0.654. The highest BCUT2D eigenvalue weighted by molar-refractivity contribution is 5.86. The lowest BCUT2D eigenvalue weighted by molar-refractivity contribution is 1.29. The van der Waals surface area contributed by atoms with E-state index in [0.717, 1.165) is 16.5 Å². The van der Waals surface area contributed by atoms with E-state index in [9.17, 15) is 0 Å². The molecule has 0 saturated carbocycles. The fraction of sp³-hybridized carbons (Fsp3) is 0.111. The van der Waals surface area contributed by atoms with Gasteiger partial charge in [0.15, 0.2) is 0 Å². The Balaban J connectivity index is 2.91. The first-order chi connectivity index (χ1) is 5.83. The van der Waals surface area contributed by atoms with Crippen LogP contribution < -0.4 is 0 Å². The molecule has 3 nitrogen and oxygen atoms in total. The van der Waals surface area contributed by atoms with Gasteiger partial charge in [-0.15, -0.1) is 0 Å². The summed E-state index contributed by atoms with van der Waals surface area (Å²) in [5.74, 6) is 0. The van der Waals surface area contributed by atoms with Crippen molar-refractivity contribution in [2.24, 2.45) is 0 Å². The predicted octanol–water partition coefficient (Wildman–Crippen LogP) is 1.74. The Bertz CT molecular complexity index is 462. The molecule has 0 saturated heterocycles. The van der Waals surface area contributed by atoms with E-state index < -0.39 is 0 Å². The first-order valence-electron chi connectivity index (χ1n) is 3.64. The molecule has 58 valence electrons. The summed E-state index contributed by atoms with van der Waals surface area (Å²) in [7, 11) is 0. The molecule has 0 aliphatic rings. The number of pyridine rings is 1. The van der Waals surface area contributed by atoms with Crippen molar-refractivity contribution in [1.29, 1.82) is 5.26 Å². The monoisotopic (exact) mass is 157 g/mol. The molecule has 3 heteroatoms. The van der Waals surface area contributed by atoms with E-state index in [0.29, 0.717) is 5.56 Å². The Hall–Kier alpha value is -1.82. The number of aryl methyl sites for hydroxylation is 1. The van der Waals surface area contributed by atoms with Crippen molar-refractivity contribution >= 4 is 10.9 Å². The zero-order valence-corrected chi connectivity index (χ0v) is 6.63. The molecule has 0 radical (unpaired) electrons. The highest BCUT2D eigenvalue weighted by atomic mass is 14.7. The summed E-state index contributed by atoms with van der Waals surface area (Å²) in [5, 5.41) is 9.62. The SMILES string of the molecule is Cc1cncc2c(C#N)c[nH]c12. The minimum atomic E-state index is 0.654. The zero-order chi connectivity index (χ0) is 8.55. The van der Waals surface area contributed by atoms with E-state index in [-0.39, 0.29) is 0 Å². The minimum Gasteiger partial charge on any atom is -0.360 e. The lowest BCUT2D eigenvalue weighted by atomic mass is 10.2. The summed E-state index contributed by atoms with van der Waals surface area (Å²) in [5.41, 5.74) is 2.72. The summed E-state index contributed by atoms with van der Waals surface area (Å²) >= 11 is 0. The van der Waals surface area contributed by atoms with Crippen LogP contribution in [0.25, 0.3) is 10.9 Å². The van der Waals surface area contributed by atoms with E-state index in [1.807, 2.05) is 6.92 Å². The van der Waals surface area contributed by atoms with Crippen molar-refractivity contribution in [2.45, 2.75) is 6.92 Å². The average molecular weight is 157 g/mol. The van der Waals surface area contributed by atoms with Crippen LogP contribution in [0.3, 0.4) is 0 Å². The quantitative estimate of drug-likeness (QED) is 0.633. The number of rotatable bonds is 0. The molecule has 0 aliphatic heterocycles. The number of nitrogens with one attached hydrogen (secondary N) is 1. The standard InChI is InChI=1S/C9H7N3/c1-6-3-11-5-8-7(2-10)4-12-9(6)8/h3-5,12H,1H3. The van der Waals surface area contributed by atoms with Crippen molar-refractivity contribution in [3.63, 3.8) is 0 Å². The summed E-state index contributed by atoms with van der Waals surface area (Å²) in [4.78, 5) is 7.07. The van der Waals surface area contributed by atoms with Crippen molar-refractivity contribution in [1.82, 2.24) is 9.97 Å². The van der Waals surface area contributed by atoms with E-state index in [4.69, 9.17) is 5.26 Å². The Labute approximate surface area is 69.7 Å². The van der Waals surface area contributed by atoms with Crippen molar-refractivity contribution in [3.05, 3.63) is 29.7 Å². The topological polar surface area (TPSA) is 52.5 Å². The van der Waals surface area contributed by atoms with Gasteiger partial charge >= 0.3 is 0 Å². The lowest BCUT2D eigenvalue weighted by Gasteiger charge is -1.92. The van der Waals surface area contributed by atoms with Crippen LogP contribution in [-0.2, 0) is 0 Å². The van der Waals surface area contributed by atoms with Gasteiger partial charge < -0.3 is 4.98 Å². The summed E-state index contributed by atoms with van der Waals surface area (Å²) in [6, 6.07) is 2.11. The first kappa shape index (κ1) is 6.86. The van der Waals surface area contributed by atoms with E-state index >= 15 is 0 Å². The second-order valence-electron chi connectivity index (χ2n) is 2.69. The molecule has 2 aromatic heterocycles. The highest BCUT2D eigenvalue weighted by Crippen LogP contribution is 2.18. The van der Waals surface area contributed by atoms with Crippen molar-refractivity contribution < 1.29 is 0 Å². The molecule has 2 rings (SSSR count). The number of aromatic amines is 1. The normalized spacial score (nSPS) is 10.0. The van der Waals surface area contributed by atoms with Crippen LogP contribution >= 0.6 is 0 Å². The molecule has 2 heterocycles. The van der Waals surface area contributed by atoms with Crippen LogP contribution in [-0.4, -0.2) is 9.97 Å². The molecule has 0 spiro atoms. The van der Waals surface area contributed by atoms with Gasteiger partial charge in [0, 0.05) is 24.0 Å². The molecule has 0 fully saturated rings. The third kappa shape index (κ3) is 0.785. The molecule has 0 aliphatic carbocycles. The maximum atomic E-state index is 8.72. The maximum Gasteiger partial charge on any atom is 0.101 e. The van der Waals surface area contributed by atoms with Gasteiger partial charge in [0.25, 0.3) is 0 Å². The van der Waals surface area contributed by atoms with Gasteiger partial charge in [0.05, 0.1) is 11.1 Å². The molecule has 0 unspecified atom stereocenters. The average Bonchev–Trinajstić information content (AvgIpc) is 2.49. The molecular formula is C9H7N3. The number of hydrogen-bond acceptors (Lipinski definition) is 2. The van der Waals surface area contributed by atoms with Crippen LogP contribution in [0, 0.1) is 18.3 Å². The number of nitriles is 1. The van der Waals surface area contributed by atoms with Crippen molar-refractivity contribution in [3.8, 4) is 6.07 Å². The van der Waals surface area contributed by atoms with Crippen molar-refractivity contribution in [2.75, 3.05) is 0 Å². The number of fused-ring (bicyclic) bond motifs is 1. The Kier molecular flexibility index (Phi) is 1.34. The fourth-order valence-corrected chi connectivity index (χ4v) is 1.28. The number of hydrogen-bond donors (Lipinski definition) is 1. The van der Waals surface area contributed by atoms with Crippen LogP contribution in [0.4, 0.5) is 0 Å². The van der Waals surface area contributed by atoms with E-state index in [2.05, 4.69) is 16.0 Å². The Morgan fingerprint density at radius 2 is 2.33 bits per heavy atom. The van der Waals surface area contributed by atoms with Crippen LogP contribution in [0.15, 0.2) is 18.6 Å². The summed E-state index contributed by atoms with van der Waals surface area (Å²) in [6.07, 6.45) is 5.19. The molecular weight excluding hydrogens is 150 g/mol. The molecule has 0 aromatic carbocycles. The molecule has 12 heavy (non-hydrogen) atoms. The smallest absolute Gasteiger partial charge is 0.101 e. The lowest BCUT2D eigenvalue weighted by Crippen LogP contribution is -1.78. The Morgan fingerprint density at radius 3 is 3.08 bits per heavy atom. The van der Waals surface area contributed by atoms with Gasteiger partial charge in [0.2, 0.25) is 0 Å². The van der Waals surface area contributed by atoms with Gasteiger partial charge in [-0.25, -0.2) is 0 Å². The maximum absolute atomic E-state index is 8.72. The number of nitrogens with zero attached hydrogens (tertiary/aromatic N) is 2. The second-order valence-corrected chi connectivity index (χ2v) is 2.69. The molecule has 2 aromatic rings. The van der Waals surface area contributed by atoms with Crippen LogP contribution in [0.2, 0.25) is 0 Å². The number of aromatic nitrogens is 2. The van der Waals surface area contributed by atoms with E-state index in [1.54, 1.807) is 18.6 Å². The zero-order valence-electron chi connectivity index (χ0n) is 6.63. The van der Waals surface area contributed by atoms with Gasteiger partial charge in [-0.2, -0.15) is 5.26 Å². The third-order valence-corrected chi connectivity index (χ3v) is 1.91. The molecule has 1 N–H and O–H groups in total. The summed E-state index contributed by atoms with van der Waals surface area (Å²) < 4.78 is 0. The Morgan fingerprint density at radius 1 is 1.50 bits per heavy atom. The summed E-state index contributed by atoms with van der Waals surface area (Å²) in [6.45, 7) is 1.97. The predicted molar refractivity (Wildman–Crippen MR) is 45.5 cm³/mol. The fourth-order valence-electron chi connectivity index (χ4n) is 1.28. The largest absolute Gasteiger partial charge is 0.360 e. The van der Waals surface area contributed by atoms with Gasteiger partial charge in [-0.05, 0) is 12.5 Å². The van der Waals surface area contributed by atoms with E-state index in [1.165, 1.54) is 0 Å².